The number of pyridine rings is 1. The Hall–Kier alpha value is -2.78. The summed E-state index contributed by atoms with van der Waals surface area (Å²) in [6.07, 6.45) is 7.14. The summed E-state index contributed by atoms with van der Waals surface area (Å²) < 4.78 is 13.3. The molecule has 1 amide bonds. The van der Waals surface area contributed by atoms with E-state index in [1.807, 2.05) is 33.7 Å². The first-order valence-electron chi connectivity index (χ1n) is 11.0. The van der Waals surface area contributed by atoms with E-state index < -0.39 is 0 Å². The molecule has 0 saturated carbocycles. The first-order valence-corrected chi connectivity index (χ1v) is 12.4. The number of rotatable bonds is 6. The Bertz CT molecular complexity index is 1140. The summed E-state index contributed by atoms with van der Waals surface area (Å²) in [5.41, 5.74) is 1.86. The fraction of sp³-hybridized carbons (Fsp3) is 0.391. The lowest BCUT2D eigenvalue weighted by atomic mass is 10.2. The monoisotopic (exact) mass is 485 g/mol. The number of hydrogen-bond donors (Lipinski definition) is 0. The lowest BCUT2D eigenvalue weighted by Crippen LogP contribution is -2.31. The summed E-state index contributed by atoms with van der Waals surface area (Å²) in [6.45, 7) is 2.18. The van der Waals surface area contributed by atoms with Gasteiger partial charge in [-0.05, 0) is 42.7 Å². The van der Waals surface area contributed by atoms with Crippen LogP contribution in [0.15, 0.2) is 41.8 Å². The van der Waals surface area contributed by atoms with Gasteiger partial charge in [0, 0.05) is 24.9 Å². The molecule has 0 radical (unpaired) electrons. The average molecular weight is 486 g/mol. The molecule has 5 rings (SSSR count). The van der Waals surface area contributed by atoms with Gasteiger partial charge in [-0.3, -0.25) is 14.3 Å². The Kier molecular flexibility index (Phi) is 6.68. The third kappa shape index (κ3) is 4.94. The van der Waals surface area contributed by atoms with E-state index in [1.54, 1.807) is 24.2 Å². The molecule has 0 N–H and O–H groups in total. The van der Waals surface area contributed by atoms with Crippen molar-refractivity contribution in [3.63, 3.8) is 0 Å². The van der Waals surface area contributed by atoms with Gasteiger partial charge in [-0.15, -0.1) is 10.2 Å². The Labute approximate surface area is 201 Å². The zero-order valence-corrected chi connectivity index (χ0v) is 19.6. The Morgan fingerprint density at radius 3 is 2.91 bits per heavy atom. The molecule has 0 spiro atoms. The maximum Gasteiger partial charge on any atom is 0.222 e. The van der Waals surface area contributed by atoms with Gasteiger partial charge >= 0.3 is 0 Å². The van der Waals surface area contributed by atoms with Crippen LogP contribution in [0.1, 0.15) is 37.1 Å². The highest BCUT2D eigenvalue weighted by Gasteiger charge is 2.22. The van der Waals surface area contributed by atoms with Crippen molar-refractivity contribution in [1.29, 1.82) is 0 Å². The van der Waals surface area contributed by atoms with Gasteiger partial charge in [0.05, 0.1) is 23.5 Å². The second-order valence-electron chi connectivity index (χ2n) is 7.96. The first kappa shape index (κ1) is 22.0. The molecule has 2 aliphatic rings. The van der Waals surface area contributed by atoms with E-state index in [0.29, 0.717) is 48.5 Å². The standard InChI is InChI=1S/C23H24ClN5O3S/c24-18-11-16(12-19-22(18)32-10-9-31-19)15-33-23-27-26-20(29(23)17-5-4-7-25-13-17)14-28-8-3-1-2-6-21(28)30/h4-5,7,11-13H,1-3,6,8-10,14-15H2. The fourth-order valence-electron chi connectivity index (χ4n) is 4.01. The van der Waals surface area contributed by atoms with Gasteiger partial charge in [0.25, 0.3) is 0 Å². The molecular weight excluding hydrogens is 462 g/mol. The Morgan fingerprint density at radius 1 is 1.12 bits per heavy atom. The van der Waals surface area contributed by atoms with E-state index in [-0.39, 0.29) is 5.91 Å². The normalized spacial score (nSPS) is 16.0. The van der Waals surface area contributed by atoms with Gasteiger partial charge < -0.3 is 14.4 Å². The van der Waals surface area contributed by atoms with Crippen LogP contribution in [0.3, 0.4) is 0 Å². The number of thioether (sulfide) groups is 1. The lowest BCUT2D eigenvalue weighted by molar-refractivity contribution is -0.131. The van der Waals surface area contributed by atoms with E-state index in [4.69, 9.17) is 21.1 Å². The summed E-state index contributed by atoms with van der Waals surface area (Å²) in [4.78, 5) is 18.7. The minimum absolute atomic E-state index is 0.174. The van der Waals surface area contributed by atoms with Crippen molar-refractivity contribution in [3.8, 4) is 17.2 Å². The van der Waals surface area contributed by atoms with Crippen molar-refractivity contribution in [3.05, 3.63) is 53.1 Å². The molecule has 0 unspecified atom stereocenters. The number of nitrogens with zero attached hydrogens (tertiary/aromatic N) is 5. The second kappa shape index (κ2) is 10.0. The van der Waals surface area contributed by atoms with Crippen molar-refractivity contribution in [2.24, 2.45) is 0 Å². The number of aromatic nitrogens is 4. The highest BCUT2D eigenvalue weighted by Crippen LogP contribution is 2.39. The van der Waals surface area contributed by atoms with Crippen molar-refractivity contribution < 1.29 is 14.3 Å². The topological polar surface area (TPSA) is 82.4 Å². The van der Waals surface area contributed by atoms with Gasteiger partial charge in [0.1, 0.15) is 13.2 Å². The molecule has 1 fully saturated rings. The van der Waals surface area contributed by atoms with Crippen LogP contribution in [-0.2, 0) is 17.1 Å². The summed E-state index contributed by atoms with van der Waals surface area (Å²) in [5.74, 6) is 2.78. The van der Waals surface area contributed by atoms with Crippen LogP contribution in [0.5, 0.6) is 11.5 Å². The molecule has 0 bridgehead atoms. The van der Waals surface area contributed by atoms with Crippen molar-refractivity contribution in [2.75, 3.05) is 19.8 Å². The smallest absolute Gasteiger partial charge is 0.222 e. The molecule has 1 aromatic carbocycles. The summed E-state index contributed by atoms with van der Waals surface area (Å²) in [6, 6.07) is 7.69. The number of ether oxygens (including phenoxy) is 2. The molecule has 4 heterocycles. The molecule has 0 atom stereocenters. The van der Waals surface area contributed by atoms with Gasteiger partial charge in [0.15, 0.2) is 22.5 Å². The van der Waals surface area contributed by atoms with Crippen LogP contribution < -0.4 is 9.47 Å². The molecule has 10 heteroatoms. The third-order valence-corrected chi connectivity index (χ3v) is 6.91. The van der Waals surface area contributed by atoms with Crippen LogP contribution in [0, 0.1) is 0 Å². The zero-order chi connectivity index (χ0) is 22.6. The molecule has 2 aromatic heterocycles. The van der Waals surface area contributed by atoms with Crippen molar-refractivity contribution in [1.82, 2.24) is 24.6 Å². The average Bonchev–Trinajstić information content (AvgIpc) is 3.13. The second-order valence-corrected chi connectivity index (χ2v) is 9.31. The molecule has 3 aromatic rings. The summed E-state index contributed by atoms with van der Waals surface area (Å²) >= 11 is 7.95. The number of carbonyl (C=O) groups is 1. The molecule has 8 nitrogen and oxygen atoms in total. The van der Waals surface area contributed by atoms with Crippen LogP contribution in [-0.4, -0.2) is 50.3 Å². The fourth-order valence-corrected chi connectivity index (χ4v) is 5.20. The summed E-state index contributed by atoms with van der Waals surface area (Å²) in [5, 5.41) is 10.2. The molecule has 2 aliphatic heterocycles. The molecular formula is C23H24ClN5O3S. The lowest BCUT2D eigenvalue weighted by Gasteiger charge is -2.21. The van der Waals surface area contributed by atoms with E-state index in [9.17, 15) is 4.79 Å². The van der Waals surface area contributed by atoms with Crippen LogP contribution in [0.2, 0.25) is 5.02 Å². The highest BCUT2D eigenvalue weighted by atomic mass is 35.5. The SMILES string of the molecule is O=C1CCCCCN1Cc1nnc(SCc2cc(Cl)c3c(c2)OCCO3)n1-c1cccnc1. The van der Waals surface area contributed by atoms with Gasteiger partial charge in [0.2, 0.25) is 5.91 Å². The molecule has 0 aliphatic carbocycles. The van der Waals surface area contributed by atoms with Gasteiger partial charge in [-0.25, -0.2) is 0 Å². The maximum absolute atomic E-state index is 12.5. The van der Waals surface area contributed by atoms with Gasteiger partial charge in [-0.1, -0.05) is 29.8 Å². The number of likely N-dealkylation sites (tertiary alicyclic amines) is 1. The highest BCUT2D eigenvalue weighted by molar-refractivity contribution is 7.98. The van der Waals surface area contributed by atoms with E-state index in [1.165, 1.54) is 0 Å². The maximum atomic E-state index is 12.5. The summed E-state index contributed by atoms with van der Waals surface area (Å²) in [7, 11) is 0. The van der Waals surface area contributed by atoms with E-state index >= 15 is 0 Å². The van der Waals surface area contributed by atoms with Crippen molar-refractivity contribution >= 4 is 29.3 Å². The van der Waals surface area contributed by atoms with Crippen LogP contribution in [0.4, 0.5) is 0 Å². The molecule has 33 heavy (non-hydrogen) atoms. The number of hydrogen-bond acceptors (Lipinski definition) is 7. The number of halogens is 1. The Morgan fingerprint density at radius 2 is 2.03 bits per heavy atom. The minimum atomic E-state index is 0.174. The number of amides is 1. The van der Waals surface area contributed by atoms with E-state index in [0.717, 1.165) is 48.0 Å². The van der Waals surface area contributed by atoms with Gasteiger partial charge in [-0.2, -0.15) is 0 Å². The Balaban J connectivity index is 1.40. The predicted octanol–water partition coefficient (Wildman–Crippen LogP) is 4.28. The number of benzene rings is 1. The third-order valence-electron chi connectivity index (χ3n) is 5.63. The van der Waals surface area contributed by atoms with Crippen LogP contribution in [0.25, 0.3) is 5.69 Å². The quantitative estimate of drug-likeness (QED) is 0.482. The number of fused-ring (bicyclic) bond motifs is 1. The van der Waals surface area contributed by atoms with E-state index in [2.05, 4.69) is 15.2 Å². The first-order chi connectivity index (χ1) is 16.2. The largest absolute Gasteiger partial charge is 0.486 e. The molecule has 1 saturated heterocycles. The molecule has 172 valence electrons. The predicted molar refractivity (Wildman–Crippen MR) is 125 cm³/mol. The zero-order valence-electron chi connectivity index (χ0n) is 18.1. The van der Waals surface area contributed by atoms with Crippen LogP contribution >= 0.6 is 23.4 Å². The number of carbonyl (C=O) groups excluding carboxylic acids is 1. The van der Waals surface area contributed by atoms with Crippen molar-refractivity contribution in [2.45, 2.75) is 43.1 Å². The minimum Gasteiger partial charge on any atom is -0.486 e.